The average Bonchev–Trinajstić information content (AvgIpc) is 2.73. The highest BCUT2D eigenvalue weighted by molar-refractivity contribution is 4.94. The van der Waals surface area contributed by atoms with E-state index in [0.717, 1.165) is 36.2 Å². The van der Waals surface area contributed by atoms with Crippen molar-refractivity contribution in [3.05, 3.63) is 0 Å². The van der Waals surface area contributed by atoms with Gasteiger partial charge in [0.1, 0.15) is 0 Å². The molecule has 1 heteroatoms. The Bertz CT molecular complexity index is 367. The molecule has 3 fully saturated rings. The number of ether oxygens (including phenoxy) is 1. The quantitative estimate of drug-likeness (QED) is 0.303. The lowest BCUT2D eigenvalue weighted by Crippen LogP contribution is -2.42. The van der Waals surface area contributed by atoms with Crippen LogP contribution in [-0.2, 0) is 4.74 Å². The van der Waals surface area contributed by atoms with Crippen LogP contribution in [0.3, 0.4) is 0 Å². The van der Waals surface area contributed by atoms with E-state index in [9.17, 15) is 0 Å². The van der Waals surface area contributed by atoms with Gasteiger partial charge in [0.25, 0.3) is 0 Å². The molecule has 6 atom stereocenters. The van der Waals surface area contributed by atoms with Crippen LogP contribution in [0.1, 0.15) is 129 Å². The highest BCUT2D eigenvalue weighted by Gasteiger charge is 2.44. The van der Waals surface area contributed by atoms with Gasteiger partial charge in [-0.05, 0) is 81.0 Å². The fraction of sp³-hybridized carbons (Fsp3) is 1.00. The van der Waals surface area contributed by atoms with Crippen LogP contribution in [0, 0.1) is 29.6 Å². The Morgan fingerprint density at radius 1 is 0.607 bits per heavy atom. The zero-order valence-electron chi connectivity index (χ0n) is 19.3. The highest BCUT2D eigenvalue weighted by atomic mass is 16.5. The molecule has 0 saturated heterocycles. The molecule has 0 heterocycles. The van der Waals surface area contributed by atoms with Gasteiger partial charge in [-0.15, -0.1) is 0 Å². The molecule has 3 aliphatic rings. The van der Waals surface area contributed by atoms with E-state index in [1.807, 2.05) is 0 Å². The standard InChI is InChI=1S/C27H50O/c1-3-5-7-9-10-12-22-13-17-26-23(20-22)14-15-24-21-25(16-18-27(24)26)28-19-11-8-6-4-2/h22-27H,3-21H2,1-2H3/t22-,23?,24?,25-,26?,27?/m0/s1. The van der Waals surface area contributed by atoms with Gasteiger partial charge in [0.2, 0.25) is 0 Å². The van der Waals surface area contributed by atoms with Gasteiger partial charge in [0, 0.05) is 6.61 Å². The molecule has 0 N–H and O–H groups in total. The zero-order chi connectivity index (χ0) is 19.6. The Hall–Kier alpha value is -0.0400. The van der Waals surface area contributed by atoms with Crippen LogP contribution >= 0.6 is 0 Å². The summed E-state index contributed by atoms with van der Waals surface area (Å²) in [5, 5.41) is 0. The van der Waals surface area contributed by atoms with Crippen molar-refractivity contribution in [3.8, 4) is 0 Å². The first-order chi connectivity index (χ1) is 13.8. The highest BCUT2D eigenvalue weighted by Crippen LogP contribution is 2.53. The van der Waals surface area contributed by atoms with Gasteiger partial charge in [-0.3, -0.25) is 0 Å². The summed E-state index contributed by atoms with van der Waals surface area (Å²) in [6, 6.07) is 0. The number of hydrogen-bond acceptors (Lipinski definition) is 1. The zero-order valence-corrected chi connectivity index (χ0v) is 19.3. The molecule has 0 aromatic rings. The smallest absolute Gasteiger partial charge is 0.0578 e. The molecule has 4 unspecified atom stereocenters. The lowest BCUT2D eigenvalue weighted by atomic mass is 9.56. The van der Waals surface area contributed by atoms with Gasteiger partial charge in [0.15, 0.2) is 0 Å². The minimum atomic E-state index is 0.596. The summed E-state index contributed by atoms with van der Waals surface area (Å²) in [6.45, 7) is 5.64. The van der Waals surface area contributed by atoms with Crippen molar-refractivity contribution in [1.82, 2.24) is 0 Å². The van der Waals surface area contributed by atoms with E-state index in [-0.39, 0.29) is 0 Å². The molecule has 0 aliphatic heterocycles. The molecule has 3 saturated carbocycles. The van der Waals surface area contributed by atoms with E-state index < -0.39 is 0 Å². The number of hydrogen-bond donors (Lipinski definition) is 0. The minimum absolute atomic E-state index is 0.596. The first-order valence-corrected chi connectivity index (χ1v) is 13.4. The van der Waals surface area contributed by atoms with Crippen molar-refractivity contribution < 1.29 is 4.74 Å². The second-order valence-corrected chi connectivity index (χ2v) is 10.7. The van der Waals surface area contributed by atoms with Crippen molar-refractivity contribution in [1.29, 1.82) is 0 Å². The Morgan fingerprint density at radius 2 is 1.25 bits per heavy atom. The van der Waals surface area contributed by atoms with Crippen LogP contribution in [-0.4, -0.2) is 12.7 Å². The third kappa shape index (κ3) is 6.75. The second kappa shape index (κ2) is 12.6. The molecule has 0 aromatic carbocycles. The van der Waals surface area contributed by atoms with Gasteiger partial charge in [0.05, 0.1) is 6.10 Å². The first kappa shape index (κ1) is 22.6. The molecule has 0 bridgehead atoms. The molecule has 3 rings (SSSR count). The van der Waals surface area contributed by atoms with Crippen LogP contribution in [0.5, 0.6) is 0 Å². The maximum Gasteiger partial charge on any atom is 0.0578 e. The minimum Gasteiger partial charge on any atom is -0.378 e. The van der Waals surface area contributed by atoms with Crippen molar-refractivity contribution in [2.24, 2.45) is 29.6 Å². The largest absolute Gasteiger partial charge is 0.378 e. The summed E-state index contributed by atoms with van der Waals surface area (Å²) in [5.74, 6) is 5.30. The summed E-state index contributed by atoms with van der Waals surface area (Å²) in [4.78, 5) is 0. The molecule has 0 radical (unpaired) electrons. The van der Waals surface area contributed by atoms with E-state index in [0.29, 0.717) is 6.10 Å². The predicted molar refractivity (Wildman–Crippen MR) is 122 cm³/mol. The molecular formula is C27H50O. The van der Waals surface area contributed by atoms with E-state index in [1.165, 1.54) is 89.9 Å². The summed E-state index contributed by atoms with van der Waals surface area (Å²) in [6.07, 6.45) is 26.8. The lowest BCUT2D eigenvalue weighted by Gasteiger charge is -2.50. The van der Waals surface area contributed by atoms with Gasteiger partial charge in [-0.1, -0.05) is 78.1 Å². The fourth-order valence-electron chi connectivity index (χ4n) is 7.08. The summed E-state index contributed by atoms with van der Waals surface area (Å²) in [5.41, 5.74) is 0. The van der Waals surface area contributed by atoms with Gasteiger partial charge in [-0.25, -0.2) is 0 Å². The Morgan fingerprint density at radius 3 is 2.00 bits per heavy atom. The van der Waals surface area contributed by atoms with Crippen molar-refractivity contribution >= 4 is 0 Å². The Labute approximate surface area is 176 Å². The normalized spacial score (nSPS) is 35.4. The summed E-state index contributed by atoms with van der Waals surface area (Å²) < 4.78 is 6.30. The van der Waals surface area contributed by atoms with Crippen LogP contribution in [0.15, 0.2) is 0 Å². The summed E-state index contributed by atoms with van der Waals surface area (Å²) >= 11 is 0. The molecule has 0 spiro atoms. The van der Waals surface area contributed by atoms with Crippen molar-refractivity contribution in [3.63, 3.8) is 0 Å². The average molecular weight is 391 g/mol. The molecule has 0 aromatic heterocycles. The molecular weight excluding hydrogens is 340 g/mol. The fourth-order valence-corrected chi connectivity index (χ4v) is 7.08. The van der Waals surface area contributed by atoms with Crippen molar-refractivity contribution in [2.75, 3.05) is 6.61 Å². The van der Waals surface area contributed by atoms with E-state index in [1.54, 1.807) is 25.7 Å². The van der Waals surface area contributed by atoms with E-state index in [2.05, 4.69) is 13.8 Å². The monoisotopic (exact) mass is 390 g/mol. The lowest BCUT2D eigenvalue weighted by molar-refractivity contribution is -0.0539. The molecule has 0 amide bonds. The van der Waals surface area contributed by atoms with E-state index >= 15 is 0 Å². The molecule has 164 valence electrons. The molecule has 3 aliphatic carbocycles. The van der Waals surface area contributed by atoms with Crippen molar-refractivity contribution in [2.45, 2.75) is 136 Å². The van der Waals surface area contributed by atoms with Crippen LogP contribution in [0.2, 0.25) is 0 Å². The van der Waals surface area contributed by atoms with Crippen LogP contribution < -0.4 is 0 Å². The second-order valence-electron chi connectivity index (χ2n) is 10.7. The predicted octanol–water partition coefficient (Wildman–Crippen LogP) is 8.56. The van der Waals surface area contributed by atoms with Gasteiger partial charge >= 0.3 is 0 Å². The van der Waals surface area contributed by atoms with Crippen LogP contribution in [0.4, 0.5) is 0 Å². The Kier molecular flexibility index (Phi) is 10.2. The summed E-state index contributed by atoms with van der Waals surface area (Å²) in [7, 11) is 0. The maximum atomic E-state index is 6.30. The first-order valence-electron chi connectivity index (χ1n) is 13.4. The molecule has 28 heavy (non-hydrogen) atoms. The van der Waals surface area contributed by atoms with Gasteiger partial charge < -0.3 is 4.74 Å². The number of fused-ring (bicyclic) bond motifs is 3. The number of unbranched alkanes of at least 4 members (excludes halogenated alkanes) is 7. The third-order valence-electron chi connectivity index (χ3n) is 8.67. The van der Waals surface area contributed by atoms with Crippen LogP contribution in [0.25, 0.3) is 0 Å². The molecule has 1 nitrogen and oxygen atoms in total. The Balaban J connectivity index is 1.35. The van der Waals surface area contributed by atoms with E-state index in [4.69, 9.17) is 4.74 Å². The van der Waals surface area contributed by atoms with Gasteiger partial charge in [-0.2, -0.15) is 0 Å². The number of rotatable bonds is 12. The third-order valence-corrected chi connectivity index (χ3v) is 8.67. The SMILES string of the molecule is CCCCCCC[C@H]1CCC2C(CCC3C[C@@H](OCCCCCC)CCC32)C1. The topological polar surface area (TPSA) is 9.23 Å². The maximum absolute atomic E-state index is 6.30.